The number of pyridine rings is 1. The van der Waals surface area contributed by atoms with Gasteiger partial charge in [-0.25, -0.2) is 0 Å². The van der Waals surface area contributed by atoms with Crippen LogP contribution in [-0.2, 0) is 12.8 Å². The molecule has 1 N–H and O–H groups in total. The van der Waals surface area contributed by atoms with Crippen molar-refractivity contribution in [1.82, 2.24) is 4.98 Å². The predicted octanol–water partition coefficient (Wildman–Crippen LogP) is 2.99. The molecule has 1 atom stereocenters. The fourth-order valence-electron chi connectivity index (χ4n) is 1.77. The number of rotatable bonds is 4. The van der Waals surface area contributed by atoms with E-state index >= 15 is 0 Å². The van der Waals surface area contributed by atoms with Crippen molar-refractivity contribution in [2.75, 3.05) is 0 Å². The molecule has 1 aromatic carbocycles. The summed E-state index contributed by atoms with van der Waals surface area (Å²) < 4.78 is 1.04. The molecule has 88 valence electrons. The van der Waals surface area contributed by atoms with Crippen LogP contribution in [0.1, 0.15) is 11.3 Å². The first-order valence-corrected chi connectivity index (χ1v) is 6.36. The molecule has 0 saturated heterocycles. The molecule has 1 heterocycles. The molecule has 3 heteroatoms. The number of hydrogen-bond acceptors (Lipinski definition) is 2. The van der Waals surface area contributed by atoms with Gasteiger partial charge in [0, 0.05) is 22.8 Å². The van der Waals surface area contributed by atoms with Gasteiger partial charge in [0.25, 0.3) is 0 Å². The molecular weight excluding hydrogens is 278 g/mol. The third-order valence-corrected chi connectivity index (χ3v) is 3.02. The Morgan fingerprint density at radius 2 is 2.00 bits per heavy atom. The van der Waals surface area contributed by atoms with Crippen LogP contribution in [0.4, 0.5) is 0 Å². The minimum Gasteiger partial charge on any atom is -0.392 e. The maximum atomic E-state index is 9.99. The summed E-state index contributed by atoms with van der Waals surface area (Å²) in [5.41, 5.74) is 2.05. The molecule has 1 aromatic heterocycles. The molecule has 0 spiro atoms. The first-order valence-electron chi connectivity index (χ1n) is 5.56. The van der Waals surface area contributed by atoms with E-state index in [1.54, 1.807) is 6.20 Å². The Kier molecular flexibility index (Phi) is 4.29. The van der Waals surface area contributed by atoms with E-state index in [4.69, 9.17) is 0 Å². The van der Waals surface area contributed by atoms with E-state index in [1.165, 1.54) is 0 Å². The van der Waals surface area contributed by atoms with Gasteiger partial charge in [0.2, 0.25) is 0 Å². The molecule has 2 aromatic rings. The Hall–Kier alpha value is -1.19. The lowest BCUT2D eigenvalue weighted by Gasteiger charge is -2.10. The number of halogens is 1. The number of nitrogens with zero attached hydrogens (tertiary/aromatic N) is 1. The Labute approximate surface area is 109 Å². The number of benzene rings is 1. The quantitative estimate of drug-likeness (QED) is 0.939. The summed E-state index contributed by atoms with van der Waals surface area (Å²) in [5.74, 6) is 0. The molecule has 17 heavy (non-hydrogen) atoms. The molecule has 2 rings (SSSR count). The van der Waals surface area contributed by atoms with Crippen molar-refractivity contribution < 1.29 is 5.11 Å². The second kappa shape index (κ2) is 5.94. The van der Waals surface area contributed by atoms with Crippen molar-refractivity contribution in [1.29, 1.82) is 0 Å². The van der Waals surface area contributed by atoms with Gasteiger partial charge < -0.3 is 5.11 Å². The van der Waals surface area contributed by atoms with Gasteiger partial charge in [0.05, 0.1) is 6.10 Å². The molecule has 1 unspecified atom stereocenters. The van der Waals surface area contributed by atoms with Gasteiger partial charge in [-0.1, -0.05) is 34.1 Å². The maximum absolute atomic E-state index is 9.99. The van der Waals surface area contributed by atoms with Crippen LogP contribution in [0.3, 0.4) is 0 Å². The molecule has 0 fully saturated rings. The number of aliphatic hydroxyl groups excluding tert-OH is 1. The van der Waals surface area contributed by atoms with Crippen molar-refractivity contribution in [3.63, 3.8) is 0 Å². The highest BCUT2D eigenvalue weighted by Crippen LogP contribution is 2.14. The molecule has 0 aliphatic carbocycles. The van der Waals surface area contributed by atoms with Crippen LogP contribution < -0.4 is 0 Å². The van der Waals surface area contributed by atoms with Gasteiger partial charge in [0.1, 0.15) is 0 Å². The highest BCUT2D eigenvalue weighted by Gasteiger charge is 2.07. The third-order valence-electron chi connectivity index (χ3n) is 2.53. The van der Waals surface area contributed by atoms with Gasteiger partial charge in [-0.15, -0.1) is 0 Å². The van der Waals surface area contributed by atoms with Crippen LogP contribution in [0.15, 0.2) is 53.1 Å². The molecule has 0 aliphatic heterocycles. The van der Waals surface area contributed by atoms with Gasteiger partial charge >= 0.3 is 0 Å². The van der Waals surface area contributed by atoms with Crippen molar-refractivity contribution in [2.45, 2.75) is 18.9 Å². The van der Waals surface area contributed by atoms with Crippen LogP contribution in [0.5, 0.6) is 0 Å². The largest absolute Gasteiger partial charge is 0.392 e. The summed E-state index contributed by atoms with van der Waals surface area (Å²) >= 11 is 3.42. The maximum Gasteiger partial charge on any atom is 0.0635 e. The number of hydrogen-bond donors (Lipinski definition) is 1. The Balaban J connectivity index is 1.96. The van der Waals surface area contributed by atoms with E-state index in [0.717, 1.165) is 15.7 Å². The summed E-state index contributed by atoms with van der Waals surface area (Å²) in [4.78, 5) is 4.21. The minimum absolute atomic E-state index is 0.390. The summed E-state index contributed by atoms with van der Waals surface area (Å²) in [7, 11) is 0. The Bertz CT molecular complexity index is 473. The monoisotopic (exact) mass is 291 g/mol. The first-order chi connectivity index (χ1) is 8.24. The molecule has 0 aliphatic rings. The summed E-state index contributed by atoms with van der Waals surface area (Å²) in [6, 6.07) is 13.8. The lowest BCUT2D eigenvalue weighted by atomic mass is 10.0. The first kappa shape index (κ1) is 12.3. The van der Waals surface area contributed by atoms with Gasteiger partial charge in [-0.05, 0) is 36.2 Å². The van der Waals surface area contributed by atoms with Crippen LogP contribution in [0.2, 0.25) is 0 Å². The molecular formula is C14H14BrNO. The smallest absolute Gasteiger partial charge is 0.0635 e. The minimum atomic E-state index is -0.390. The second-order valence-corrected chi connectivity index (χ2v) is 4.93. The number of aliphatic hydroxyl groups is 1. The normalized spacial score (nSPS) is 12.4. The van der Waals surface area contributed by atoms with E-state index in [1.807, 2.05) is 42.5 Å². The average Bonchev–Trinajstić information content (AvgIpc) is 2.30. The third kappa shape index (κ3) is 3.95. The van der Waals surface area contributed by atoms with E-state index in [9.17, 15) is 5.11 Å². The van der Waals surface area contributed by atoms with Crippen molar-refractivity contribution in [3.8, 4) is 0 Å². The predicted molar refractivity (Wildman–Crippen MR) is 71.8 cm³/mol. The highest BCUT2D eigenvalue weighted by molar-refractivity contribution is 9.10. The topological polar surface area (TPSA) is 33.1 Å². The number of aromatic nitrogens is 1. The van der Waals surface area contributed by atoms with Crippen molar-refractivity contribution >= 4 is 15.9 Å². The van der Waals surface area contributed by atoms with E-state index in [0.29, 0.717) is 12.8 Å². The molecule has 0 saturated carbocycles. The van der Waals surface area contributed by atoms with Crippen LogP contribution in [0, 0.1) is 0 Å². The standard InChI is InChI=1S/C14H14BrNO/c15-12-5-3-4-11(8-12)9-14(17)10-13-6-1-2-7-16-13/h1-8,14,17H,9-10H2. The zero-order valence-electron chi connectivity index (χ0n) is 9.38. The zero-order chi connectivity index (χ0) is 12.1. The van der Waals surface area contributed by atoms with Gasteiger partial charge in [-0.3, -0.25) is 4.98 Å². The molecule has 0 amide bonds. The Morgan fingerprint density at radius 1 is 1.12 bits per heavy atom. The van der Waals surface area contributed by atoms with E-state index < -0.39 is 0 Å². The SMILES string of the molecule is OC(Cc1cccc(Br)c1)Cc1ccccn1. The van der Waals surface area contributed by atoms with Gasteiger partial charge in [-0.2, -0.15) is 0 Å². The molecule has 0 radical (unpaired) electrons. The summed E-state index contributed by atoms with van der Waals surface area (Å²) in [6.07, 6.45) is 2.60. The lowest BCUT2D eigenvalue weighted by molar-refractivity contribution is 0.174. The van der Waals surface area contributed by atoms with E-state index in [2.05, 4.69) is 20.9 Å². The lowest BCUT2D eigenvalue weighted by Crippen LogP contribution is -2.14. The second-order valence-electron chi connectivity index (χ2n) is 4.01. The average molecular weight is 292 g/mol. The van der Waals surface area contributed by atoms with Gasteiger partial charge in [0.15, 0.2) is 0 Å². The van der Waals surface area contributed by atoms with Crippen molar-refractivity contribution in [3.05, 3.63) is 64.4 Å². The van der Waals surface area contributed by atoms with Crippen molar-refractivity contribution in [2.24, 2.45) is 0 Å². The summed E-state index contributed by atoms with van der Waals surface area (Å²) in [5, 5.41) is 9.99. The fourth-order valence-corrected chi connectivity index (χ4v) is 2.22. The van der Waals surface area contributed by atoms with Crippen LogP contribution in [0.25, 0.3) is 0 Å². The highest BCUT2D eigenvalue weighted by atomic mass is 79.9. The molecule has 2 nitrogen and oxygen atoms in total. The fraction of sp³-hybridized carbons (Fsp3) is 0.214. The Morgan fingerprint density at radius 3 is 2.71 bits per heavy atom. The summed E-state index contributed by atoms with van der Waals surface area (Å²) in [6.45, 7) is 0. The zero-order valence-corrected chi connectivity index (χ0v) is 11.0. The van der Waals surface area contributed by atoms with Crippen LogP contribution in [-0.4, -0.2) is 16.2 Å². The van der Waals surface area contributed by atoms with Crippen LogP contribution >= 0.6 is 15.9 Å². The molecule has 0 bridgehead atoms. The van der Waals surface area contributed by atoms with E-state index in [-0.39, 0.29) is 6.10 Å².